The predicted octanol–water partition coefficient (Wildman–Crippen LogP) is 3.72. The van der Waals surface area contributed by atoms with Gasteiger partial charge < -0.3 is 9.47 Å². The van der Waals surface area contributed by atoms with E-state index in [4.69, 9.17) is 4.74 Å². The first kappa shape index (κ1) is 16.4. The summed E-state index contributed by atoms with van der Waals surface area (Å²) in [5.41, 5.74) is -0.732. The molecule has 1 aromatic carbocycles. The Morgan fingerprint density at radius 1 is 1.30 bits per heavy atom. The summed E-state index contributed by atoms with van der Waals surface area (Å²) in [4.78, 5) is 22.9. The van der Waals surface area contributed by atoms with Gasteiger partial charge in [-0.1, -0.05) is 0 Å². The summed E-state index contributed by atoms with van der Waals surface area (Å²) in [7, 11) is 1.15. The monoisotopic (exact) mass is 347 g/mol. The van der Waals surface area contributed by atoms with Crippen molar-refractivity contribution in [2.75, 3.05) is 12.4 Å². The van der Waals surface area contributed by atoms with E-state index in [0.717, 1.165) is 13.2 Å². The van der Waals surface area contributed by atoms with E-state index in [9.17, 15) is 14.0 Å². The van der Waals surface area contributed by atoms with Crippen LogP contribution in [0, 0.1) is 5.82 Å². The zero-order valence-corrected chi connectivity index (χ0v) is 13.1. The van der Waals surface area contributed by atoms with Crippen LogP contribution in [0.3, 0.4) is 0 Å². The molecule has 0 heterocycles. The molecule has 5 nitrogen and oxygen atoms in total. The van der Waals surface area contributed by atoms with E-state index in [-0.39, 0.29) is 15.7 Å². The van der Waals surface area contributed by atoms with E-state index in [0.29, 0.717) is 0 Å². The molecule has 110 valence electrons. The number of benzene rings is 1. The van der Waals surface area contributed by atoms with Crippen LogP contribution in [-0.4, -0.2) is 24.8 Å². The first-order valence-electron chi connectivity index (χ1n) is 5.71. The summed E-state index contributed by atoms with van der Waals surface area (Å²) in [6, 6.07) is 2.40. The normalized spacial score (nSPS) is 10.9. The third kappa shape index (κ3) is 4.48. The van der Waals surface area contributed by atoms with Gasteiger partial charge in [0.25, 0.3) is 0 Å². The van der Waals surface area contributed by atoms with Crippen LogP contribution in [0.2, 0.25) is 0 Å². The number of amides is 1. The Morgan fingerprint density at radius 3 is 2.35 bits per heavy atom. The molecule has 0 saturated heterocycles. The SMILES string of the molecule is COC(=O)c1c(F)cc(NC(=O)OC(C)(C)C)cc1Br. The Labute approximate surface area is 124 Å². The van der Waals surface area contributed by atoms with Crippen molar-refractivity contribution in [3.63, 3.8) is 0 Å². The van der Waals surface area contributed by atoms with Crippen LogP contribution in [0.1, 0.15) is 31.1 Å². The molecule has 0 spiro atoms. The van der Waals surface area contributed by atoms with Crippen molar-refractivity contribution < 1.29 is 23.5 Å². The number of halogens is 2. The number of rotatable bonds is 2. The number of methoxy groups -OCH3 is 1. The lowest BCUT2D eigenvalue weighted by Crippen LogP contribution is -2.27. The number of hydrogen-bond donors (Lipinski definition) is 1. The molecule has 0 aromatic heterocycles. The first-order valence-corrected chi connectivity index (χ1v) is 6.50. The second-order valence-electron chi connectivity index (χ2n) is 4.93. The van der Waals surface area contributed by atoms with Gasteiger partial charge in [0.2, 0.25) is 0 Å². The standard InChI is InChI=1S/C13H15BrFNO4/c1-13(2,3)20-12(18)16-7-5-8(14)10(9(15)6-7)11(17)19-4/h5-6H,1-4H3,(H,16,18). The van der Waals surface area contributed by atoms with E-state index < -0.39 is 23.5 Å². The van der Waals surface area contributed by atoms with Crippen LogP contribution in [0.5, 0.6) is 0 Å². The zero-order chi connectivity index (χ0) is 15.5. The molecule has 0 aliphatic rings. The maximum absolute atomic E-state index is 13.8. The van der Waals surface area contributed by atoms with E-state index >= 15 is 0 Å². The molecule has 1 rings (SSSR count). The van der Waals surface area contributed by atoms with Gasteiger partial charge in [-0.25, -0.2) is 14.0 Å². The minimum Gasteiger partial charge on any atom is -0.465 e. The van der Waals surface area contributed by atoms with Crippen LogP contribution < -0.4 is 5.32 Å². The lowest BCUT2D eigenvalue weighted by molar-refractivity contribution is 0.0593. The molecule has 0 unspecified atom stereocenters. The summed E-state index contributed by atoms with van der Waals surface area (Å²) in [5.74, 6) is -1.62. The van der Waals surface area contributed by atoms with Gasteiger partial charge in [-0.05, 0) is 48.8 Å². The molecule has 1 aromatic rings. The molecule has 1 amide bonds. The average molecular weight is 348 g/mol. The first-order chi connectivity index (χ1) is 9.14. The second-order valence-corrected chi connectivity index (χ2v) is 5.79. The Hall–Kier alpha value is -1.63. The van der Waals surface area contributed by atoms with Gasteiger partial charge in [-0.3, -0.25) is 5.32 Å². The summed E-state index contributed by atoms with van der Waals surface area (Å²) >= 11 is 3.06. The smallest absolute Gasteiger partial charge is 0.412 e. The van der Waals surface area contributed by atoms with Gasteiger partial charge in [0, 0.05) is 10.2 Å². The highest BCUT2D eigenvalue weighted by Crippen LogP contribution is 2.26. The maximum atomic E-state index is 13.8. The second kappa shape index (κ2) is 6.21. The molecule has 7 heteroatoms. The summed E-state index contributed by atoms with van der Waals surface area (Å²) in [5, 5.41) is 2.38. The number of nitrogens with one attached hydrogen (secondary N) is 1. The van der Waals surface area contributed by atoms with E-state index in [1.165, 1.54) is 6.07 Å². The lowest BCUT2D eigenvalue weighted by Gasteiger charge is -2.19. The van der Waals surface area contributed by atoms with Crippen LogP contribution in [-0.2, 0) is 9.47 Å². The van der Waals surface area contributed by atoms with Gasteiger partial charge in [-0.2, -0.15) is 0 Å². The highest BCUT2D eigenvalue weighted by atomic mass is 79.9. The molecule has 0 fully saturated rings. The minimum atomic E-state index is -0.808. The molecular weight excluding hydrogens is 333 g/mol. The number of esters is 1. The summed E-state index contributed by atoms with van der Waals surface area (Å²) in [6.07, 6.45) is -0.713. The zero-order valence-electron chi connectivity index (χ0n) is 11.5. The molecule has 20 heavy (non-hydrogen) atoms. The van der Waals surface area contributed by atoms with Crippen molar-refractivity contribution in [3.8, 4) is 0 Å². The third-order valence-electron chi connectivity index (χ3n) is 2.08. The van der Waals surface area contributed by atoms with E-state index in [1.54, 1.807) is 20.8 Å². The quantitative estimate of drug-likeness (QED) is 0.828. The van der Waals surface area contributed by atoms with E-state index in [1.807, 2.05) is 0 Å². The number of carbonyl (C=O) groups is 2. The molecule has 1 N–H and O–H groups in total. The fraction of sp³-hybridized carbons (Fsp3) is 0.385. The molecule has 0 radical (unpaired) electrons. The molecule has 0 aliphatic carbocycles. The summed E-state index contributed by atoms with van der Waals surface area (Å²) < 4.78 is 23.5. The number of hydrogen-bond acceptors (Lipinski definition) is 4. The molecular formula is C13H15BrFNO4. The number of ether oxygens (including phenoxy) is 2. The van der Waals surface area contributed by atoms with Gasteiger partial charge in [0.1, 0.15) is 17.0 Å². The molecule has 0 atom stereocenters. The number of carbonyl (C=O) groups excluding carboxylic acids is 2. The topological polar surface area (TPSA) is 64.6 Å². The Morgan fingerprint density at radius 2 is 1.90 bits per heavy atom. The van der Waals surface area contributed by atoms with Crippen molar-refractivity contribution in [3.05, 3.63) is 28.0 Å². The molecule has 0 aliphatic heterocycles. The largest absolute Gasteiger partial charge is 0.465 e. The fourth-order valence-electron chi connectivity index (χ4n) is 1.36. The number of anilines is 1. The fourth-order valence-corrected chi connectivity index (χ4v) is 1.96. The maximum Gasteiger partial charge on any atom is 0.412 e. The predicted molar refractivity (Wildman–Crippen MR) is 75.3 cm³/mol. The van der Waals surface area contributed by atoms with Crippen LogP contribution in [0.15, 0.2) is 16.6 Å². The van der Waals surface area contributed by atoms with Crippen molar-refractivity contribution in [1.82, 2.24) is 0 Å². The van der Waals surface area contributed by atoms with Gasteiger partial charge in [-0.15, -0.1) is 0 Å². The Balaban J connectivity index is 2.95. The Kier molecular flexibility index (Phi) is 5.10. The summed E-state index contributed by atoms with van der Waals surface area (Å²) in [6.45, 7) is 5.14. The lowest BCUT2D eigenvalue weighted by atomic mass is 10.2. The van der Waals surface area contributed by atoms with E-state index in [2.05, 4.69) is 26.0 Å². The Bertz CT molecular complexity index is 517. The van der Waals surface area contributed by atoms with Crippen molar-refractivity contribution in [2.24, 2.45) is 0 Å². The van der Waals surface area contributed by atoms with Crippen LogP contribution >= 0.6 is 15.9 Å². The van der Waals surface area contributed by atoms with Crippen molar-refractivity contribution >= 4 is 33.7 Å². The molecule has 0 bridgehead atoms. The van der Waals surface area contributed by atoms with Gasteiger partial charge in [0.05, 0.1) is 7.11 Å². The van der Waals surface area contributed by atoms with Crippen LogP contribution in [0.4, 0.5) is 14.9 Å². The molecule has 0 saturated carbocycles. The third-order valence-corrected chi connectivity index (χ3v) is 2.70. The average Bonchev–Trinajstić information content (AvgIpc) is 2.24. The highest BCUT2D eigenvalue weighted by Gasteiger charge is 2.20. The van der Waals surface area contributed by atoms with Gasteiger partial charge in [0.15, 0.2) is 0 Å². The van der Waals surface area contributed by atoms with Crippen molar-refractivity contribution in [2.45, 2.75) is 26.4 Å². The van der Waals surface area contributed by atoms with Crippen LogP contribution in [0.25, 0.3) is 0 Å². The minimum absolute atomic E-state index is 0.163. The highest BCUT2D eigenvalue weighted by molar-refractivity contribution is 9.10. The van der Waals surface area contributed by atoms with Gasteiger partial charge >= 0.3 is 12.1 Å². The van der Waals surface area contributed by atoms with Crippen molar-refractivity contribution in [1.29, 1.82) is 0 Å².